The molecule has 0 aliphatic rings. The lowest BCUT2D eigenvalue weighted by molar-refractivity contribution is 0.528. The van der Waals surface area contributed by atoms with Gasteiger partial charge in [0.05, 0.1) is 17.5 Å². The van der Waals surface area contributed by atoms with Gasteiger partial charge >= 0.3 is 0 Å². The minimum atomic E-state index is -0.987. The van der Waals surface area contributed by atoms with E-state index in [1.807, 2.05) is 0 Å². The Morgan fingerprint density at radius 3 is 2.60 bits per heavy atom. The maximum absolute atomic E-state index is 13.3. The molecule has 6 heteroatoms. The van der Waals surface area contributed by atoms with E-state index in [0.29, 0.717) is 0 Å². The second kappa shape index (κ2) is 5.86. The number of rotatable bonds is 2. The largest absolute Gasteiger partial charge is 0.323 e. The quantitative estimate of drug-likeness (QED) is 0.823. The van der Waals surface area contributed by atoms with Gasteiger partial charge in [0.1, 0.15) is 11.6 Å². The van der Waals surface area contributed by atoms with Gasteiger partial charge in [-0.1, -0.05) is 11.6 Å². The Morgan fingerprint density at radius 2 is 2.07 bits per heavy atom. The zero-order valence-electron chi connectivity index (χ0n) is 7.51. The van der Waals surface area contributed by atoms with Gasteiger partial charge in [-0.15, -0.1) is 12.4 Å². The first kappa shape index (κ1) is 14.1. The van der Waals surface area contributed by atoms with E-state index in [9.17, 15) is 8.78 Å². The summed E-state index contributed by atoms with van der Waals surface area (Å²) in [5.41, 5.74) is 5.08. The van der Waals surface area contributed by atoms with Crippen LogP contribution in [-0.4, -0.2) is 0 Å². The topological polar surface area (TPSA) is 49.8 Å². The van der Waals surface area contributed by atoms with E-state index < -0.39 is 17.7 Å². The van der Waals surface area contributed by atoms with Crippen molar-refractivity contribution in [3.05, 3.63) is 34.4 Å². The smallest absolute Gasteiger partial charge is 0.149 e. The summed E-state index contributed by atoms with van der Waals surface area (Å²) < 4.78 is 26.4. The van der Waals surface area contributed by atoms with Crippen LogP contribution in [-0.2, 0) is 0 Å². The molecule has 0 bridgehead atoms. The predicted molar refractivity (Wildman–Crippen MR) is 55.8 cm³/mol. The number of halogens is 4. The van der Waals surface area contributed by atoms with Crippen LogP contribution in [0.1, 0.15) is 18.0 Å². The van der Waals surface area contributed by atoms with Crippen molar-refractivity contribution in [2.75, 3.05) is 0 Å². The summed E-state index contributed by atoms with van der Waals surface area (Å²) in [5, 5.41) is 8.14. The van der Waals surface area contributed by atoms with Crippen LogP contribution in [0.2, 0.25) is 5.02 Å². The maximum atomic E-state index is 13.3. The highest BCUT2D eigenvalue weighted by molar-refractivity contribution is 6.30. The van der Waals surface area contributed by atoms with Crippen LogP contribution in [0.4, 0.5) is 8.78 Å². The fourth-order valence-electron chi connectivity index (χ4n) is 1.08. The highest BCUT2D eigenvalue weighted by atomic mass is 35.5. The fraction of sp³-hybridized carbons (Fsp3) is 0.222. The minimum absolute atomic E-state index is 0. The molecule has 0 heterocycles. The zero-order chi connectivity index (χ0) is 10.7. The van der Waals surface area contributed by atoms with Gasteiger partial charge < -0.3 is 5.73 Å². The Kier molecular flexibility index (Phi) is 5.51. The molecule has 0 spiro atoms. The van der Waals surface area contributed by atoms with Gasteiger partial charge in [0.25, 0.3) is 0 Å². The van der Waals surface area contributed by atoms with Crippen LogP contribution >= 0.6 is 24.0 Å². The molecule has 0 aliphatic heterocycles. The van der Waals surface area contributed by atoms with Gasteiger partial charge in [-0.05, 0) is 12.1 Å². The van der Waals surface area contributed by atoms with Crippen LogP contribution in [0.25, 0.3) is 0 Å². The van der Waals surface area contributed by atoms with Crippen LogP contribution in [0.3, 0.4) is 0 Å². The van der Waals surface area contributed by atoms with Gasteiger partial charge in [-0.3, -0.25) is 0 Å². The summed E-state index contributed by atoms with van der Waals surface area (Å²) in [4.78, 5) is 0. The number of hydrogen-bond acceptors (Lipinski definition) is 2. The Hall–Kier alpha value is -0.890. The monoisotopic (exact) mass is 252 g/mol. The average Bonchev–Trinajstić information content (AvgIpc) is 2.13. The van der Waals surface area contributed by atoms with Gasteiger partial charge in [0.15, 0.2) is 0 Å². The van der Waals surface area contributed by atoms with Crippen LogP contribution < -0.4 is 5.73 Å². The Labute approximate surface area is 97.0 Å². The molecule has 0 radical (unpaired) electrons. The fourth-order valence-corrected chi connectivity index (χ4v) is 1.25. The second-order valence-corrected chi connectivity index (χ2v) is 3.13. The molecule has 1 aromatic rings. The molecule has 0 saturated carbocycles. The Bertz CT molecular complexity index is 390. The van der Waals surface area contributed by atoms with Crippen molar-refractivity contribution in [1.29, 1.82) is 5.26 Å². The summed E-state index contributed by atoms with van der Waals surface area (Å²) in [6, 6.07) is 2.88. The average molecular weight is 253 g/mol. The Morgan fingerprint density at radius 1 is 1.47 bits per heavy atom. The zero-order valence-corrected chi connectivity index (χ0v) is 9.08. The molecule has 0 aromatic heterocycles. The van der Waals surface area contributed by atoms with Crippen molar-refractivity contribution in [2.24, 2.45) is 5.73 Å². The Balaban J connectivity index is 0.00000196. The van der Waals surface area contributed by atoms with Crippen molar-refractivity contribution < 1.29 is 8.78 Å². The van der Waals surface area contributed by atoms with Crippen molar-refractivity contribution in [1.82, 2.24) is 0 Å². The number of nitrogens with zero attached hydrogens (tertiary/aromatic N) is 1. The predicted octanol–water partition coefficient (Wildman–Crippen LogP) is 2.95. The SMILES string of the molecule is Cl.N#CC[C@@H](N)c1c(F)ccc(Cl)c1F. The maximum Gasteiger partial charge on any atom is 0.149 e. The van der Waals surface area contributed by atoms with E-state index in [2.05, 4.69) is 0 Å². The van der Waals surface area contributed by atoms with Crippen molar-refractivity contribution in [3.63, 3.8) is 0 Å². The lowest BCUT2D eigenvalue weighted by atomic mass is 10.0. The van der Waals surface area contributed by atoms with E-state index in [0.717, 1.165) is 12.1 Å². The van der Waals surface area contributed by atoms with Gasteiger partial charge in [-0.2, -0.15) is 5.26 Å². The third kappa shape index (κ3) is 3.03. The first-order valence-corrected chi connectivity index (χ1v) is 4.21. The van der Waals surface area contributed by atoms with Gasteiger partial charge in [-0.25, -0.2) is 8.78 Å². The molecular weight excluding hydrogens is 245 g/mol. The molecular formula is C9H8Cl2F2N2. The lowest BCUT2D eigenvalue weighted by Crippen LogP contribution is -2.13. The highest BCUT2D eigenvalue weighted by Crippen LogP contribution is 2.26. The summed E-state index contributed by atoms with van der Waals surface area (Å²) in [6.45, 7) is 0. The highest BCUT2D eigenvalue weighted by Gasteiger charge is 2.18. The molecule has 82 valence electrons. The van der Waals surface area contributed by atoms with Crippen LogP contribution in [0.5, 0.6) is 0 Å². The van der Waals surface area contributed by atoms with E-state index >= 15 is 0 Å². The normalized spacial score (nSPS) is 11.4. The molecule has 0 saturated heterocycles. The molecule has 0 aliphatic carbocycles. The number of nitrogens with two attached hydrogens (primary N) is 1. The number of benzene rings is 1. The first-order valence-electron chi connectivity index (χ1n) is 3.84. The molecule has 0 unspecified atom stereocenters. The second-order valence-electron chi connectivity index (χ2n) is 2.73. The van der Waals surface area contributed by atoms with E-state index in [-0.39, 0.29) is 29.4 Å². The lowest BCUT2D eigenvalue weighted by Gasteiger charge is -2.10. The summed E-state index contributed by atoms with van der Waals surface area (Å²) in [6.07, 6.45) is -0.159. The van der Waals surface area contributed by atoms with Gasteiger partial charge in [0.2, 0.25) is 0 Å². The van der Waals surface area contributed by atoms with E-state index in [1.54, 1.807) is 6.07 Å². The standard InChI is InChI=1S/C9H7ClF2N2.ClH/c10-5-1-2-6(11)8(9(5)12)7(14)3-4-13;/h1-2,7H,3,14H2;1H/t7-;/m1./s1. The summed E-state index contributed by atoms with van der Waals surface area (Å²) in [7, 11) is 0. The minimum Gasteiger partial charge on any atom is -0.323 e. The van der Waals surface area contributed by atoms with E-state index in [4.69, 9.17) is 22.6 Å². The third-order valence-electron chi connectivity index (χ3n) is 1.76. The molecule has 2 N–H and O–H groups in total. The molecule has 2 nitrogen and oxygen atoms in total. The van der Waals surface area contributed by atoms with Crippen molar-refractivity contribution >= 4 is 24.0 Å². The molecule has 1 aromatic carbocycles. The molecule has 1 rings (SSSR count). The van der Waals surface area contributed by atoms with Crippen molar-refractivity contribution in [3.8, 4) is 6.07 Å². The van der Waals surface area contributed by atoms with Crippen LogP contribution in [0.15, 0.2) is 12.1 Å². The molecule has 0 amide bonds. The molecule has 15 heavy (non-hydrogen) atoms. The first-order chi connectivity index (χ1) is 6.57. The van der Waals surface area contributed by atoms with Gasteiger partial charge in [0, 0.05) is 11.6 Å². The van der Waals surface area contributed by atoms with Crippen molar-refractivity contribution in [2.45, 2.75) is 12.5 Å². The molecule has 1 atom stereocenters. The van der Waals surface area contributed by atoms with Crippen LogP contribution in [0, 0.1) is 23.0 Å². The summed E-state index contributed by atoms with van der Waals surface area (Å²) in [5.74, 6) is -1.68. The number of nitriles is 1. The van der Waals surface area contributed by atoms with E-state index in [1.165, 1.54) is 0 Å². The summed E-state index contributed by atoms with van der Waals surface area (Å²) >= 11 is 5.45. The number of hydrogen-bond donors (Lipinski definition) is 1. The molecule has 0 fully saturated rings. The third-order valence-corrected chi connectivity index (χ3v) is 2.05.